The minimum atomic E-state index is 0.257. The van der Waals surface area contributed by atoms with E-state index in [4.69, 9.17) is 0 Å². The summed E-state index contributed by atoms with van der Waals surface area (Å²) < 4.78 is 2.27. The number of benzene rings is 3. The quantitative estimate of drug-likeness (QED) is 0.253. The SMILES string of the molecule is CC1C=C(n2c3ccccc3c3cc(C4=C5C(CC=C4)c4ccccc4N5C4=CCCC(C#N)=C4)ccc32)C(C#N)=CC1. The van der Waals surface area contributed by atoms with Gasteiger partial charge in [0.1, 0.15) is 6.07 Å². The van der Waals surface area contributed by atoms with Gasteiger partial charge >= 0.3 is 0 Å². The largest absolute Gasteiger partial charge is 0.313 e. The molecule has 2 heterocycles. The van der Waals surface area contributed by atoms with Crippen molar-refractivity contribution in [1.82, 2.24) is 4.57 Å². The number of aromatic nitrogens is 1. The van der Waals surface area contributed by atoms with Crippen LogP contribution in [-0.2, 0) is 0 Å². The fourth-order valence-corrected chi connectivity index (χ4v) is 7.36. The Morgan fingerprint density at radius 2 is 1.70 bits per heavy atom. The lowest BCUT2D eigenvalue weighted by atomic mass is 9.86. The van der Waals surface area contributed by atoms with Crippen molar-refractivity contribution in [1.29, 1.82) is 10.5 Å². The second kappa shape index (κ2) is 9.90. The zero-order valence-corrected chi connectivity index (χ0v) is 24.1. The van der Waals surface area contributed by atoms with Crippen molar-refractivity contribution in [3.63, 3.8) is 0 Å². The maximum absolute atomic E-state index is 10.0. The van der Waals surface area contributed by atoms with Gasteiger partial charge in [0.2, 0.25) is 0 Å². The summed E-state index contributed by atoms with van der Waals surface area (Å²) >= 11 is 0. The molecule has 0 amide bonds. The Morgan fingerprint density at radius 3 is 2.58 bits per heavy atom. The van der Waals surface area contributed by atoms with E-state index in [0.717, 1.165) is 59.3 Å². The van der Waals surface area contributed by atoms with Gasteiger partial charge in [0, 0.05) is 44.9 Å². The van der Waals surface area contributed by atoms with Crippen LogP contribution in [0.5, 0.6) is 0 Å². The first-order chi connectivity index (χ1) is 21.2. The van der Waals surface area contributed by atoms with E-state index < -0.39 is 0 Å². The monoisotopic (exact) mass is 554 g/mol. The summed E-state index contributed by atoms with van der Waals surface area (Å²) in [5.41, 5.74) is 12.1. The summed E-state index contributed by atoms with van der Waals surface area (Å²) in [6.45, 7) is 2.21. The Labute approximate surface area is 251 Å². The number of rotatable bonds is 3. The van der Waals surface area contributed by atoms with Crippen molar-refractivity contribution in [3.05, 3.63) is 137 Å². The molecule has 2 unspecified atom stereocenters. The van der Waals surface area contributed by atoms with E-state index in [0.29, 0.717) is 5.92 Å². The molecule has 4 heteroatoms. The minimum Gasteiger partial charge on any atom is -0.313 e. The summed E-state index contributed by atoms with van der Waals surface area (Å²) in [5.74, 6) is 0.630. The fraction of sp³-hybridized carbons (Fsp3) is 0.179. The van der Waals surface area contributed by atoms with Gasteiger partial charge in [-0.1, -0.05) is 79.8 Å². The van der Waals surface area contributed by atoms with Crippen molar-refractivity contribution in [2.24, 2.45) is 5.92 Å². The Bertz CT molecular complexity index is 2130. The van der Waals surface area contributed by atoms with Gasteiger partial charge in [0.15, 0.2) is 0 Å². The number of hydrogen-bond donors (Lipinski definition) is 0. The van der Waals surface area contributed by atoms with Crippen LogP contribution in [0, 0.1) is 28.6 Å². The van der Waals surface area contributed by atoms with Gasteiger partial charge in [-0.25, -0.2) is 0 Å². The third-order valence-corrected chi connectivity index (χ3v) is 9.30. The molecule has 8 rings (SSSR count). The molecule has 0 spiro atoms. The van der Waals surface area contributed by atoms with Crippen LogP contribution in [0.2, 0.25) is 0 Å². The number of fused-ring (bicyclic) bond motifs is 6. The molecule has 0 saturated heterocycles. The van der Waals surface area contributed by atoms with Crippen molar-refractivity contribution in [3.8, 4) is 12.1 Å². The molecule has 4 aromatic rings. The van der Waals surface area contributed by atoms with Crippen LogP contribution in [0.1, 0.15) is 49.7 Å². The minimum absolute atomic E-state index is 0.257. The molecule has 0 saturated carbocycles. The number of allylic oxidation sites excluding steroid dienone is 11. The summed E-state index contributed by atoms with van der Waals surface area (Å²) in [5, 5.41) is 22.1. The van der Waals surface area contributed by atoms with Crippen molar-refractivity contribution in [2.75, 3.05) is 4.90 Å². The molecule has 1 aromatic heterocycles. The van der Waals surface area contributed by atoms with E-state index in [-0.39, 0.29) is 5.92 Å². The lowest BCUT2D eigenvalue weighted by Gasteiger charge is -2.30. The van der Waals surface area contributed by atoms with Crippen LogP contribution in [0.3, 0.4) is 0 Å². The predicted molar refractivity (Wildman–Crippen MR) is 175 cm³/mol. The first-order valence-corrected chi connectivity index (χ1v) is 15.1. The van der Waals surface area contributed by atoms with E-state index in [9.17, 15) is 10.5 Å². The molecule has 4 aliphatic rings. The lowest BCUT2D eigenvalue weighted by molar-refractivity contribution is 0.731. The summed E-state index contributed by atoms with van der Waals surface area (Å²) in [7, 11) is 0. The smallest absolute Gasteiger partial charge is 0.101 e. The number of hydrogen-bond acceptors (Lipinski definition) is 3. The molecular formula is C39H30N4. The Morgan fingerprint density at radius 1 is 0.860 bits per heavy atom. The highest BCUT2D eigenvalue weighted by atomic mass is 15.2. The molecule has 3 aromatic carbocycles. The van der Waals surface area contributed by atoms with Crippen molar-refractivity contribution >= 4 is 38.8 Å². The summed E-state index contributed by atoms with van der Waals surface area (Å²) in [6.07, 6.45) is 16.8. The average Bonchev–Trinajstić information content (AvgIpc) is 3.57. The maximum atomic E-state index is 10.0. The van der Waals surface area contributed by atoms with Crippen LogP contribution in [0.4, 0.5) is 5.69 Å². The predicted octanol–water partition coefficient (Wildman–Crippen LogP) is 9.53. The zero-order valence-electron chi connectivity index (χ0n) is 24.1. The van der Waals surface area contributed by atoms with Gasteiger partial charge in [-0.3, -0.25) is 0 Å². The third-order valence-electron chi connectivity index (χ3n) is 9.30. The number of anilines is 1. The molecule has 0 radical (unpaired) electrons. The third kappa shape index (κ3) is 3.88. The Hall–Kier alpha value is -5.32. The van der Waals surface area contributed by atoms with Crippen molar-refractivity contribution in [2.45, 2.75) is 38.5 Å². The molecule has 43 heavy (non-hydrogen) atoms. The first kappa shape index (κ1) is 25.4. The number of nitriles is 2. The molecule has 1 aliphatic heterocycles. The molecule has 0 fully saturated rings. The lowest BCUT2D eigenvalue weighted by Crippen LogP contribution is -2.22. The number of para-hydroxylation sites is 2. The van der Waals surface area contributed by atoms with Gasteiger partial charge in [0.05, 0.1) is 28.4 Å². The zero-order chi connectivity index (χ0) is 29.1. The van der Waals surface area contributed by atoms with Gasteiger partial charge in [-0.05, 0) is 73.1 Å². The fourth-order valence-electron chi connectivity index (χ4n) is 7.36. The van der Waals surface area contributed by atoms with E-state index in [1.54, 1.807) is 0 Å². The Kier molecular flexibility index (Phi) is 5.85. The van der Waals surface area contributed by atoms with Crippen LogP contribution >= 0.6 is 0 Å². The molecule has 2 atom stereocenters. The van der Waals surface area contributed by atoms with E-state index in [2.05, 4.69) is 132 Å². The average molecular weight is 555 g/mol. The second-order valence-corrected chi connectivity index (χ2v) is 11.9. The molecular weight excluding hydrogens is 524 g/mol. The van der Waals surface area contributed by atoms with E-state index in [1.807, 2.05) is 0 Å². The van der Waals surface area contributed by atoms with Crippen LogP contribution in [-0.4, -0.2) is 4.57 Å². The highest BCUT2D eigenvalue weighted by Crippen LogP contribution is 2.53. The second-order valence-electron chi connectivity index (χ2n) is 11.9. The van der Waals surface area contributed by atoms with Crippen LogP contribution in [0.15, 0.2) is 126 Å². The van der Waals surface area contributed by atoms with Gasteiger partial charge in [0.25, 0.3) is 0 Å². The number of nitrogens with zero attached hydrogens (tertiary/aromatic N) is 4. The molecule has 0 N–H and O–H groups in total. The summed E-state index contributed by atoms with van der Waals surface area (Å²) in [6, 6.07) is 28.9. The van der Waals surface area contributed by atoms with E-state index >= 15 is 0 Å². The summed E-state index contributed by atoms with van der Waals surface area (Å²) in [4.78, 5) is 2.40. The van der Waals surface area contributed by atoms with Gasteiger partial charge in [-0.15, -0.1) is 0 Å². The molecule has 3 aliphatic carbocycles. The maximum Gasteiger partial charge on any atom is 0.101 e. The highest BCUT2D eigenvalue weighted by molar-refractivity contribution is 6.12. The topological polar surface area (TPSA) is 55.8 Å². The standard InChI is InChI=1S/C39H30N4/c1-25-16-17-28(24-41)38(20-25)43-36-15-5-3-11-32(36)34-22-27(18-19-37(34)43)30-12-7-13-33-31-10-2-4-14-35(31)42(39(30)33)29-9-6-8-26(21-29)23-40/h2-5,7,9-12,14-15,17-22,25,33H,6,8,13,16H2,1H3. The Balaban J connectivity index is 1.36. The van der Waals surface area contributed by atoms with Gasteiger partial charge in [-0.2, -0.15) is 10.5 Å². The molecule has 4 nitrogen and oxygen atoms in total. The van der Waals surface area contributed by atoms with Crippen LogP contribution in [0.25, 0.3) is 33.1 Å². The molecule has 0 bridgehead atoms. The first-order valence-electron chi connectivity index (χ1n) is 15.1. The van der Waals surface area contributed by atoms with Crippen LogP contribution < -0.4 is 4.90 Å². The van der Waals surface area contributed by atoms with Crippen molar-refractivity contribution < 1.29 is 0 Å². The van der Waals surface area contributed by atoms with Gasteiger partial charge < -0.3 is 9.47 Å². The molecule has 206 valence electrons. The normalized spacial score (nSPS) is 21.0. The highest BCUT2D eigenvalue weighted by Gasteiger charge is 2.38. The van der Waals surface area contributed by atoms with E-state index in [1.165, 1.54) is 38.9 Å².